The van der Waals surface area contributed by atoms with E-state index < -0.39 is 0 Å². The highest BCUT2D eigenvalue weighted by atomic mass is 16.4. The van der Waals surface area contributed by atoms with Gasteiger partial charge < -0.3 is 9.73 Å². The topological polar surface area (TPSA) is 85.8 Å². The second kappa shape index (κ2) is 8.81. The molecule has 1 aromatic carbocycles. The number of aromatic nitrogens is 4. The molecule has 160 valence electrons. The Hall–Kier alpha value is -2.96. The van der Waals surface area contributed by atoms with Gasteiger partial charge in [-0.05, 0) is 36.2 Å². The van der Waals surface area contributed by atoms with Crippen molar-refractivity contribution in [3.63, 3.8) is 0 Å². The van der Waals surface area contributed by atoms with Crippen molar-refractivity contribution in [1.29, 1.82) is 0 Å². The van der Waals surface area contributed by atoms with Gasteiger partial charge in [0.05, 0.1) is 11.4 Å². The maximum atomic E-state index is 12.5. The number of carbonyl (C=O) groups excluding carboxylic acids is 1. The molecule has 0 aliphatic rings. The maximum absolute atomic E-state index is 12.5. The number of nitrogens with zero attached hydrogens (tertiary/aromatic N) is 4. The van der Waals surface area contributed by atoms with Crippen LogP contribution in [0.15, 0.2) is 34.7 Å². The van der Waals surface area contributed by atoms with Gasteiger partial charge in [0.15, 0.2) is 0 Å². The van der Waals surface area contributed by atoms with E-state index in [4.69, 9.17) is 9.52 Å². The quantitative estimate of drug-likeness (QED) is 0.611. The molecule has 0 aliphatic carbocycles. The molecule has 30 heavy (non-hydrogen) atoms. The van der Waals surface area contributed by atoms with Gasteiger partial charge in [0.2, 0.25) is 5.89 Å². The monoisotopic (exact) mass is 409 g/mol. The summed E-state index contributed by atoms with van der Waals surface area (Å²) in [5.74, 6) is 1.36. The molecule has 2 aromatic heterocycles. The summed E-state index contributed by atoms with van der Waals surface area (Å²) in [4.78, 5) is 12.5. The average Bonchev–Trinajstić information content (AvgIpc) is 3.35. The Morgan fingerprint density at radius 3 is 2.33 bits per heavy atom. The van der Waals surface area contributed by atoms with Crippen molar-refractivity contribution >= 4 is 5.91 Å². The Balaban J connectivity index is 1.86. The van der Waals surface area contributed by atoms with Gasteiger partial charge in [-0.2, -0.15) is 5.10 Å². The molecule has 0 spiro atoms. The van der Waals surface area contributed by atoms with Crippen molar-refractivity contribution in [1.82, 2.24) is 25.3 Å². The normalized spacial score (nSPS) is 11.8. The molecular formula is C23H31N5O2. The zero-order valence-corrected chi connectivity index (χ0v) is 18.7. The number of nitrogens with one attached hydrogen (secondary N) is 1. The van der Waals surface area contributed by atoms with E-state index in [1.807, 2.05) is 35.0 Å². The second-order valence-electron chi connectivity index (χ2n) is 8.64. The molecule has 2 heterocycles. The Morgan fingerprint density at radius 2 is 1.80 bits per heavy atom. The Labute approximate surface area is 177 Å². The Morgan fingerprint density at radius 1 is 1.13 bits per heavy atom. The highest BCUT2D eigenvalue weighted by Gasteiger charge is 2.24. The minimum atomic E-state index is -0.147. The van der Waals surface area contributed by atoms with Crippen molar-refractivity contribution < 1.29 is 9.21 Å². The second-order valence-corrected chi connectivity index (χ2v) is 8.64. The largest absolute Gasteiger partial charge is 0.420 e. The predicted octanol–water partition coefficient (Wildman–Crippen LogP) is 4.69. The van der Waals surface area contributed by atoms with E-state index in [1.165, 1.54) is 0 Å². The van der Waals surface area contributed by atoms with Crippen LogP contribution in [0.4, 0.5) is 0 Å². The fourth-order valence-corrected chi connectivity index (χ4v) is 3.29. The number of hydrogen-bond donors (Lipinski definition) is 1. The molecule has 0 radical (unpaired) electrons. The third-order valence-electron chi connectivity index (χ3n) is 5.30. The van der Waals surface area contributed by atoms with E-state index in [1.54, 1.807) is 6.92 Å². The van der Waals surface area contributed by atoms with Crippen LogP contribution in [0.1, 0.15) is 69.4 Å². The fourth-order valence-electron chi connectivity index (χ4n) is 3.29. The first kappa shape index (κ1) is 21.7. The molecule has 0 saturated heterocycles. The van der Waals surface area contributed by atoms with Crippen LogP contribution in [0.3, 0.4) is 0 Å². The fraction of sp³-hybridized carbons (Fsp3) is 0.478. The van der Waals surface area contributed by atoms with Crippen LogP contribution in [0.5, 0.6) is 0 Å². The summed E-state index contributed by atoms with van der Waals surface area (Å²) in [6, 6.07) is 9.47. The first-order valence-corrected chi connectivity index (χ1v) is 10.5. The molecule has 0 saturated carbocycles. The number of amides is 1. The lowest BCUT2D eigenvalue weighted by Crippen LogP contribution is -2.28. The van der Waals surface area contributed by atoms with Gasteiger partial charge in [0.1, 0.15) is 5.69 Å². The number of aryl methyl sites for hydroxylation is 1. The number of benzene rings is 1. The van der Waals surface area contributed by atoms with Crippen LogP contribution in [-0.4, -0.2) is 32.4 Å². The summed E-state index contributed by atoms with van der Waals surface area (Å²) in [7, 11) is 0. The molecule has 1 amide bonds. The van der Waals surface area contributed by atoms with Crippen LogP contribution in [0.2, 0.25) is 0 Å². The lowest BCUT2D eigenvalue weighted by atomic mass is 9.91. The standard InChI is InChI=1S/C23H31N5O2/c1-7-16(8-2)14-24-21(29)17-9-11-18(12-10-17)28-20(23(4,5)6)13-19(27-28)22-26-25-15(3)30-22/h9-13,16H,7-8,14H2,1-6H3,(H,24,29). The molecule has 0 aliphatic heterocycles. The molecular weight excluding hydrogens is 378 g/mol. The van der Waals surface area contributed by atoms with Crippen LogP contribution in [-0.2, 0) is 5.41 Å². The van der Waals surface area contributed by atoms with Gasteiger partial charge in [-0.1, -0.05) is 47.5 Å². The number of rotatable bonds is 7. The minimum Gasteiger partial charge on any atom is -0.420 e. The van der Waals surface area contributed by atoms with Crippen molar-refractivity contribution in [3.8, 4) is 17.3 Å². The summed E-state index contributed by atoms with van der Waals surface area (Å²) < 4.78 is 7.43. The lowest BCUT2D eigenvalue weighted by Gasteiger charge is -2.20. The molecule has 3 aromatic rings. The smallest absolute Gasteiger partial charge is 0.268 e. The van der Waals surface area contributed by atoms with Crippen LogP contribution in [0.25, 0.3) is 17.3 Å². The van der Waals surface area contributed by atoms with Crippen molar-refractivity contribution in [2.45, 2.75) is 59.8 Å². The summed E-state index contributed by atoms with van der Waals surface area (Å²) in [5.41, 5.74) is 3.01. The highest BCUT2D eigenvalue weighted by molar-refractivity contribution is 5.94. The summed E-state index contributed by atoms with van der Waals surface area (Å²) in [6.07, 6.45) is 2.12. The van der Waals surface area contributed by atoms with Crippen LogP contribution < -0.4 is 5.32 Å². The highest BCUT2D eigenvalue weighted by Crippen LogP contribution is 2.29. The molecule has 3 rings (SSSR count). The summed E-state index contributed by atoms with van der Waals surface area (Å²) in [5, 5.41) is 15.7. The first-order valence-electron chi connectivity index (χ1n) is 10.5. The predicted molar refractivity (Wildman–Crippen MR) is 117 cm³/mol. The maximum Gasteiger partial charge on any atom is 0.268 e. The average molecular weight is 410 g/mol. The van der Waals surface area contributed by atoms with Gasteiger partial charge in [0.25, 0.3) is 11.8 Å². The third kappa shape index (κ3) is 4.78. The zero-order chi connectivity index (χ0) is 21.9. The van der Waals surface area contributed by atoms with Crippen LogP contribution >= 0.6 is 0 Å². The van der Waals surface area contributed by atoms with E-state index in [2.05, 4.69) is 50.1 Å². The van der Waals surface area contributed by atoms with E-state index >= 15 is 0 Å². The minimum absolute atomic E-state index is 0.0491. The molecule has 0 atom stereocenters. The SMILES string of the molecule is CCC(CC)CNC(=O)c1ccc(-n2nc(-c3nnc(C)o3)cc2C(C)(C)C)cc1. The lowest BCUT2D eigenvalue weighted by molar-refractivity contribution is 0.0946. The summed E-state index contributed by atoms with van der Waals surface area (Å²) in [6.45, 7) is 13.1. The first-order chi connectivity index (χ1) is 14.2. The van der Waals surface area contributed by atoms with Crippen molar-refractivity contribution in [2.24, 2.45) is 5.92 Å². The Kier molecular flexibility index (Phi) is 6.39. The van der Waals surface area contributed by atoms with Gasteiger partial charge in [-0.15, -0.1) is 10.2 Å². The van der Waals surface area contributed by atoms with Gasteiger partial charge in [-0.3, -0.25) is 4.79 Å². The summed E-state index contributed by atoms with van der Waals surface area (Å²) >= 11 is 0. The molecule has 0 fully saturated rings. The number of carbonyl (C=O) groups is 1. The zero-order valence-electron chi connectivity index (χ0n) is 18.7. The molecule has 0 bridgehead atoms. The molecule has 7 nitrogen and oxygen atoms in total. The van der Waals surface area contributed by atoms with Crippen molar-refractivity contribution in [3.05, 3.63) is 47.5 Å². The molecule has 0 unspecified atom stereocenters. The number of hydrogen-bond acceptors (Lipinski definition) is 5. The van der Waals surface area contributed by atoms with E-state index in [0.717, 1.165) is 24.2 Å². The Bertz CT molecular complexity index is 992. The van der Waals surface area contributed by atoms with E-state index in [9.17, 15) is 4.79 Å². The molecule has 7 heteroatoms. The van der Waals surface area contributed by atoms with Gasteiger partial charge in [0, 0.05) is 24.4 Å². The van der Waals surface area contributed by atoms with Gasteiger partial charge >= 0.3 is 0 Å². The van der Waals surface area contributed by atoms with E-state index in [-0.39, 0.29) is 11.3 Å². The third-order valence-corrected chi connectivity index (χ3v) is 5.30. The van der Waals surface area contributed by atoms with Crippen molar-refractivity contribution in [2.75, 3.05) is 6.54 Å². The van der Waals surface area contributed by atoms with Gasteiger partial charge in [-0.25, -0.2) is 4.68 Å². The van der Waals surface area contributed by atoms with Crippen LogP contribution in [0, 0.1) is 12.8 Å². The van der Waals surface area contributed by atoms with E-state index in [0.29, 0.717) is 35.5 Å². The molecule has 1 N–H and O–H groups in total.